The molecule has 1 N–H and O–H groups in total. The summed E-state index contributed by atoms with van der Waals surface area (Å²) in [4.78, 5) is 16.7. The van der Waals surface area contributed by atoms with Crippen LogP contribution in [0, 0.1) is 5.82 Å². The zero-order chi connectivity index (χ0) is 19.3. The molecule has 0 saturated heterocycles. The van der Waals surface area contributed by atoms with Gasteiger partial charge in [-0.25, -0.2) is 14.2 Å². The van der Waals surface area contributed by atoms with E-state index < -0.39 is 5.97 Å². The van der Waals surface area contributed by atoms with Crippen LogP contribution in [0.15, 0.2) is 42.6 Å². The summed E-state index contributed by atoms with van der Waals surface area (Å²) in [6, 6.07) is 6.37. The molecule has 136 valence electrons. The molecule has 0 radical (unpaired) electrons. The molecule has 0 spiro atoms. The van der Waals surface area contributed by atoms with Crippen molar-refractivity contribution in [3.63, 3.8) is 0 Å². The molecule has 0 bridgehead atoms. The number of benzene rings is 1. The summed E-state index contributed by atoms with van der Waals surface area (Å²) in [5.41, 5.74) is 4.71. The molecule has 0 aliphatic carbocycles. The van der Waals surface area contributed by atoms with E-state index in [1.54, 1.807) is 32.2 Å². The summed E-state index contributed by atoms with van der Waals surface area (Å²) < 4.78 is 18.4. The van der Waals surface area contributed by atoms with Crippen LogP contribution in [0.2, 0.25) is 0 Å². The third kappa shape index (κ3) is 5.18. The van der Waals surface area contributed by atoms with Crippen LogP contribution in [0.3, 0.4) is 0 Å². The highest BCUT2D eigenvalue weighted by Gasteiger charge is 2.20. The third-order valence-electron chi connectivity index (χ3n) is 3.85. The van der Waals surface area contributed by atoms with Crippen LogP contribution < -0.4 is 10.8 Å². The maximum absolute atomic E-state index is 13.1. The highest BCUT2D eigenvalue weighted by atomic mass is 19.1. The van der Waals surface area contributed by atoms with Gasteiger partial charge in [0.05, 0.1) is 11.8 Å². The van der Waals surface area contributed by atoms with E-state index >= 15 is 0 Å². The fourth-order valence-corrected chi connectivity index (χ4v) is 2.52. The van der Waals surface area contributed by atoms with Gasteiger partial charge >= 0.3 is 5.97 Å². The highest BCUT2D eigenvalue weighted by molar-refractivity contribution is 6.37. The van der Waals surface area contributed by atoms with Crippen LogP contribution in [0.4, 0.5) is 10.1 Å². The molecule has 4 nitrogen and oxygen atoms in total. The van der Waals surface area contributed by atoms with E-state index in [0.717, 1.165) is 22.2 Å². The minimum atomic E-state index is -0.458. The maximum atomic E-state index is 13.1. The number of nitrogens with zero attached hydrogens (tertiary/aromatic N) is 1. The Bertz CT molecular complexity index is 804. The number of hydrogen-bond donors (Lipinski definition) is 1. The second-order valence-corrected chi connectivity index (χ2v) is 6.70. The fourth-order valence-electron chi connectivity index (χ4n) is 2.52. The summed E-state index contributed by atoms with van der Waals surface area (Å²) in [7, 11) is 1.94. The quantitative estimate of drug-likeness (QED) is 0.472. The van der Waals surface area contributed by atoms with Gasteiger partial charge in [0.2, 0.25) is 0 Å². The van der Waals surface area contributed by atoms with Crippen LogP contribution in [0.25, 0.3) is 0 Å². The average molecular weight is 354 g/mol. The predicted molar refractivity (Wildman–Crippen MR) is 105 cm³/mol. The van der Waals surface area contributed by atoms with Gasteiger partial charge in [0.25, 0.3) is 0 Å². The van der Waals surface area contributed by atoms with Gasteiger partial charge in [-0.2, -0.15) is 0 Å². The van der Waals surface area contributed by atoms with Crippen molar-refractivity contribution in [2.75, 3.05) is 11.9 Å². The molecule has 1 heterocycles. The summed E-state index contributed by atoms with van der Waals surface area (Å²) in [6.45, 7) is 9.93. The Morgan fingerprint density at radius 1 is 1.35 bits per heavy atom. The van der Waals surface area contributed by atoms with E-state index in [1.165, 1.54) is 12.1 Å². The monoisotopic (exact) mass is 354 g/mol. The van der Waals surface area contributed by atoms with Crippen molar-refractivity contribution in [3.8, 4) is 0 Å². The SMILES string of the molecule is Bc1c(Cc2ccc(F)cc2)cnc(C(=O)OC(C)C)c1NCC(=C)C. The maximum Gasteiger partial charge on any atom is 0.359 e. The number of aromatic nitrogens is 1. The van der Waals surface area contributed by atoms with Crippen LogP contribution in [-0.4, -0.2) is 31.4 Å². The van der Waals surface area contributed by atoms with Gasteiger partial charge in [-0.3, -0.25) is 0 Å². The second kappa shape index (κ2) is 8.65. The number of esters is 1. The molecule has 0 aliphatic heterocycles. The molecule has 2 aromatic rings. The van der Waals surface area contributed by atoms with Crippen molar-refractivity contribution in [2.24, 2.45) is 0 Å². The summed E-state index contributed by atoms with van der Waals surface area (Å²) >= 11 is 0. The van der Waals surface area contributed by atoms with E-state index in [9.17, 15) is 9.18 Å². The number of carbonyl (C=O) groups excluding carboxylic acids is 1. The third-order valence-corrected chi connectivity index (χ3v) is 3.85. The van der Waals surface area contributed by atoms with Gasteiger partial charge in [-0.15, -0.1) is 0 Å². The molecule has 0 fully saturated rings. The number of carbonyl (C=O) groups is 1. The Hall–Kier alpha value is -2.63. The molecule has 2 rings (SSSR count). The number of nitrogens with one attached hydrogen (secondary N) is 1. The molecule has 1 aromatic heterocycles. The Labute approximate surface area is 154 Å². The van der Waals surface area contributed by atoms with Crippen molar-refractivity contribution in [1.82, 2.24) is 4.98 Å². The Balaban J connectivity index is 2.38. The Kier molecular flexibility index (Phi) is 6.55. The minimum Gasteiger partial charge on any atom is -0.458 e. The number of halogens is 1. The number of anilines is 1. The number of rotatable bonds is 7. The number of ether oxygens (including phenoxy) is 1. The molecular formula is C20H24BFN2O2. The lowest BCUT2D eigenvalue weighted by Crippen LogP contribution is -2.25. The standard InChI is InChI=1S/C20H24BFN2O2/c1-12(2)10-23-18-17(21)15(9-14-5-7-16(22)8-6-14)11-24-19(18)20(25)26-13(3)4/h5-8,11,13,23H,1,9-10,21H2,2-4H3. The molecule has 0 saturated carbocycles. The van der Waals surface area contributed by atoms with E-state index in [-0.39, 0.29) is 17.6 Å². The molecule has 1 aromatic carbocycles. The molecule has 0 unspecified atom stereocenters. The van der Waals surface area contributed by atoms with Crippen LogP contribution in [-0.2, 0) is 11.2 Å². The second-order valence-electron chi connectivity index (χ2n) is 6.70. The van der Waals surface area contributed by atoms with Gasteiger partial charge < -0.3 is 10.1 Å². The lowest BCUT2D eigenvalue weighted by molar-refractivity contribution is 0.0372. The number of hydrogen-bond acceptors (Lipinski definition) is 4. The molecule has 26 heavy (non-hydrogen) atoms. The molecule has 0 atom stereocenters. The lowest BCUT2D eigenvalue weighted by atomic mass is 9.86. The largest absolute Gasteiger partial charge is 0.458 e. The smallest absolute Gasteiger partial charge is 0.359 e. The average Bonchev–Trinajstić information content (AvgIpc) is 2.56. The molecule has 6 heteroatoms. The van der Waals surface area contributed by atoms with Crippen LogP contribution in [0.1, 0.15) is 42.4 Å². The lowest BCUT2D eigenvalue weighted by Gasteiger charge is -2.18. The van der Waals surface area contributed by atoms with Gasteiger partial charge in [0.1, 0.15) is 13.7 Å². The van der Waals surface area contributed by atoms with Gasteiger partial charge in [0, 0.05) is 12.7 Å². The van der Waals surface area contributed by atoms with Crippen molar-refractivity contribution in [3.05, 3.63) is 65.3 Å². The summed E-state index contributed by atoms with van der Waals surface area (Å²) in [5, 5.41) is 3.25. The van der Waals surface area contributed by atoms with E-state index in [1.807, 2.05) is 14.8 Å². The highest BCUT2D eigenvalue weighted by Crippen LogP contribution is 2.17. The first-order chi connectivity index (χ1) is 12.3. The first-order valence-corrected chi connectivity index (χ1v) is 8.60. The van der Waals surface area contributed by atoms with E-state index in [4.69, 9.17) is 4.74 Å². The van der Waals surface area contributed by atoms with E-state index in [2.05, 4.69) is 16.9 Å². The van der Waals surface area contributed by atoms with Crippen molar-refractivity contribution in [1.29, 1.82) is 0 Å². The Morgan fingerprint density at radius 2 is 2.00 bits per heavy atom. The normalized spacial score (nSPS) is 10.7. The van der Waals surface area contributed by atoms with Gasteiger partial charge in [0.15, 0.2) is 5.69 Å². The topological polar surface area (TPSA) is 51.2 Å². The van der Waals surface area contributed by atoms with E-state index in [0.29, 0.717) is 18.7 Å². The first kappa shape index (κ1) is 19.7. The van der Waals surface area contributed by atoms with Crippen LogP contribution in [0.5, 0.6) is 0 Å². The molecular weight excluding hydrogens is 330 g/mol. The zero-order valence-corrected chi connectivity index (χ0v) is 15.7. The van der Waals surface area contributed by atoms with Gasteiger partial charge in [-0.05, 0) is 50.5 Å². The zero-order valence-electron chi connectivity index (χ0n) is 15.7. The van der Waals surface area contributed by atoms with Crippen molar-refractivity contribution in [2.45, 2.75) is 33.3 Å². The summed E-state index contributed by atoms with van der Waals surface area (Å²) in [6.07, 6.45) is 2.06. The first-order valence-electron chi connectivity index (χ1n) is 8.60. The molecule has 0 amide bonds. The minimum absolute atomic E-state index is 0.225. The Morgan fingerprint density at radius 3 is 2.58 bits per heavy atom. The fraction of sp³-hybridized carbons (Fsp3) is 0.300. The predicted octanol–water partition coefficient (Wildman–Crippen LogP) is 2.62. The van der Waals surface area contributed by atoms with Gasteiger partial charge in [-0.1, -0.05) is 29.7 Å². The molecule has 0 aliphatic rings. The van der Waals surface area contributed by atoms with Crippen molar-refractivity contribution >= 4 is 25.0 Å². The summed E-state index contributed by atoms with van der Waals surface area (Å²) in [5.74, 6) is -0.722. The van der Waals surface area contributed by atoms with Crippen molar-refractivity contribution < 1.29 is 13.9 Å². The number of pyridine rings is 1. The van der Waals surface area contributed by atoms with Crippen LogP contribution >= 0.6 is 0 Å².